The van der Waals surface area contributed by atoms with Gasteiger partial charge in [0.15, 0.2) is 11.5 Å². The number of ether oxygens (including phenoxy) is 2. The van der Waals surface area contributed by atoms with Gasteiger partial charge in [0.05, 0.1) is 19.0 Å². The summed E-state index contributed by atoms with van der Waals surface area (Å²) < 4.78 is 38.9. The van der Waals surface area contributed by atoms with Crippen LogP contribution in [0.1, 0.15) is 16.0 Å². The Labute approximate surface area is 138 Å². The molecule has 0 N–H and O–H groups in total. The molecule has 0 aliphatic carbocycles. The molecule has 1 atom stereocenters. The van der Waals surface area contributed by atoms with Crippen LogP contribution in [0.25, 0.3) is 0 Å². The maximum atomic E-state index is 13.9. The average Bonchev–Trinajstić information content (AvgIpc) is 2.46. The lowest BCUT2D eigenvalue weighted by atomic mass is 10.0. The molecular formula is C15H12Br2F2O2. The van der Waals surface area contributed by atoms with Crippen LogP contribution in [0.4, 0.5) is 8.78 Å². The van der Waals surface area contributed by atoms with Crippen LogP contribution in [-0.2, 0) is 0 Å². The molecular weight excluding hydrogens is 410 g/mol. The van der Waals surface area contributed by atoms with E-state index in [-0.39, 0.29) is 5.56 Å². The van der Waals surface area contributed by atoms with E-state index in [9.17, 15) is 8.78 Å². The number of hydrogen-bond donors (Lipinski definition) is 0. The summed E-state index contributed by atoms with van der Waals surface area (Å²) in [5.74, 6) is -0.212. The van der Waals surface area contributed by atoms with Crippen LogP contribution in [-0.4, -0.2) is 14.2 Å². The van der Waals surface area contributed by atoms with Gasteiger partial charge >= 0.3 is 0 Å². The van der Waals surface area contributed by atoms with E-state index in [0.29, 0.717) is 21.5 Å². The first kappa shape index (κ1) is 16.2. The Morgan fingerprint density at radius 3 is 2.05 bits per heavy atom. The van der Waals surface area contributed by atoms with Crippen molar-refractivity contribution in [2.75, 3.05) is 14.2 Å². The van der Waals surface area contributed by atoms with Crippen molar-refractivity contribution in [1.82, 2.24) is 0 Å². The molecule has 0 aliphatic heterocycles. The molecule has 2 aromatic carbocycles. The van der Waals surface area contributed by atoms with Crippen molar-refractivity contribution in [3.05, 3.63) is 57.6 Å². The highest BCUT2D eigenvalue weighted by atomic mass is 79.9. The first-order valence-corrected chi connectivity index (χ1v) is 7.69. The second-order valence-electron chi connectivity index (χ2n) is 4.23. The molecule has 0 bridgehead atoms. The van der Waals surface area contributed by atoms with Crippen molar-refractivity contribution >= 4 is 31.9 Å². The zero-order valence-electron chi connectivity index (χ0n) is 11.3. The van der Waals surface area contributed by atoms with Gasteiger partial charge in [-0.15, -0.1) is 0 Å². The van der Waals surface area contributed by atoms with E-state index in [1.807, 2.05) is 0 Å². The molecule has 0 spiro atoms. The fourth-order valence-corrected chi connectivity index (χ4v) is 3.65. The third-order valence-corrected chi connectivity index (χ3v) is 4.67. The summed E-state index contributed by atoms with van der Waals surface area (Å²) >= 11 is 6.74. The van der Waals surface area contributed by atoms with Gasteiger partial charge in [-0.2, -0.15) is 0 Å². The number of alkyl halides is 1. The second kappa shape index (κ2) is 6.75. The van der Waals surface area contributed by atoms with Gasteiger partial charge in [-0.05, 0) is 29.8 Å². The van der Waals surface area contributed by atoms with Crippen LogP contribution < -0.4 is 9.47 Å². The minimum Gasteiger partial charge on any atom is -0.493 e. The van der Waals surface area contributed by atoms with Gasteiger partial charge < -0.3 is 9.47 Å². The monoisotopic (exact) mass is 420 g/mol. The Morgan fingerprint density at radius 2 is 1.52 bits per heavy atom. The van der Waals surface area contributed by atoms with E-state index in [4.69, 9.17) is 9.47 Å². The summed E-state index contributed by atoms with van der Waals surface area (Å²) in [6.07, 6.45) is 0. The predicted octanol–water partition coefficient (Wildman–Crippen LogP) is 5.23. The molecule has 0 saturated carbocycles. The first-order valence-electron chi connectivity index (χ1n) is 5.99. The summed E-state index contributed by atoms with van der Waals surface area (Å²) in [6, 6.07) is 7.15. The van der Waals surface area contributed by atoms with E-state index >= 15 is 0 Å². The van der Waals surface area contributed by atoms with Crippen molar-refractivity contribution in [3.8, 4) is 11.5 Å². The molecule has 21 heavy (non-hydrogen) atoms. The highest BCUT2D eigenvalue weighted by Gasteiger charge is 2.23. The largest absolute Gasteiger partial charge is 0.493 e. The van der Waals surface area contributed by atoms with Crippen molar-refractivity contribution in [1.29, 1.82) is 0 Å². The maximum Gasteiger partial charge on any atom is 0.161 e. The molecule has 0 aliphatic rings. The zero-order valence-corrected chi connectivity index (χ0v) is 14.5. The molecule has 0 saturated heterocycles. The Kier molecular flexibility index (Phi) is 5.22. The van der Waals surface area contributed by atoms with Crippen molar-refractivity contribution in [3.63, 3.8) is 0 Å². The van der Waals surface area contributed by atoms with Gasteiger partial charge in [-0.1, -0.05) is 37.9 Å². The maximum absolute atomic E-state index is 13.9. The van der Waals surface area contributed by atoms with Gasteiger partial charge in [-0.3, -0.25) is 0 Å². The quantitative estimate of drug-likeness (QED) is 0.629. The van der Waals surface area contributed by atoms with Crippen LogP contribution in [0.5, 0.6) is 11.5 Å². The molecule has 6 heteroatoms. The third-order valence-electron chi connectivity index (χ3n) is 3.03. The number of benzene rings is 2. The SMILES string of the molecule is COc1cc(Br)c(C(Br)c2c(F)cccc2F)cc1OC. The smallest absolute Gasteiger partial charge is 0.161 e. The lowest BCUT2D eigenvalue weighted by molar-refractivity contribution is 0.354. The molecule has 2 rings (SSSR count). The molecule has 0 radical (unpaired) electrons. The Morgan fingerprint density at radius 1 is 1.00 bits per heavy atom. The van der Waals surface area contributed by atoms with Gasteiger partial charge in [0.2, 0.25) is 0 Å². The van der Waals surface area contributed by atoms with Crippen LogP contribution in [0, 0.1) is 11.6 Å². The van der Waals surface area contributed by atoms with E-state index in [0.717, 1.165) is 0 Å². The van der Waals surface area contributed by atoms with Crippen LogP contribution in [0.3, 0.4) is 0 Å². The number of hydrogen-bond acceptors (Lipinski definition) is 2. The highest BCUT2D eigenvalue weighted by molar-refractivity contribution is 9.11. The molecule has 2 aromatic rings. The zero-order chi connectivity index (χ0) is 15.6. The molecule has 0 fully saturated rings. The van der Waals surface area contributed by atoms with Crippen molar-refractivity contribution in [2.24, 2.45) is 0 Å². The molecule has 1 unspecified atom stereocenters. The van der Waals surface area contributed by atoms with Crippen LogP contribution in [0.2, 0.25) is 0 Å². The minimum absolute atomic E-state index is 0.0505. The standard InChI is InChI=1S/C15H12Br2F2O2/c1-20-12-6-8(9(16)7-13(12)21-2)15(17)14-10(18)4-3-5-11(14)19/h3-7,15H,1-2H3. The summed E-state index contributed by atoms with van der Waals surface area (Å²) in [5.41, 5.74) is 0.585. The van der Waals surface area contributed by atoms with Crippen molar-refractivity contribution in [2.45, 2.75) is 4.83 Å². The lowest BCUT2D eigenvalue weighted by Gasteiger charge is -2.17. The minimum atomic E-state index is -0.659. The fourth-order valence-electron chi connectivity index (χ4n) is 1.97. The van der Waals surface area contributed by atoms with Gasteiger partial charge in [0, 0.05) is 10.0 Å². The molecule has 112 valence electrons. The summed E-state index contributed by atoms with van der Waals surface area (Å²) in [5, 5.41) is 0. The van der Waals surface area contributed by atoms with E-state index in [1.165, 1.54) is 32.4 Å². The highest BCUT2D eigenvalue weighted by Crippen LogP contribution is 2.42. The summed E-state index contributed by atoms with van der Waals surface area (Å²) in [4.78, 5) is -0.659. The Hall–Kier alpha value is -1.14. The van der Waals surface area contributed by atoms with E-state index in [2.05, 4.69) is 31.9 Å². The summed E-state index contributed by atoms with van der Waals surface area (Å²) in [6.45, 7) is 0. The van der Waals surface area contributed by atoms with Crippen LogP contribution >= 0.6 is 31.9 Å². The normalized spacial score (nSPS) is 12.1. The number of halogens is 4. The molecule has 0 heterocycles. The van der Waals surface area contributed by atoms with E-state index < -0.39 is 16.5 Å². The van der Waals surface area contributed by atoms with Gasteiger partial charge in [-0.25, -0.2) is 8.78 Å². The van der Waals surface area contributed by atoms with E-state index in [1.54, 1.807) is 12.1 Å². The molecule has 0 aromatic heterocycles. The molecule has 0 amide bonds. The van der Waals surface area contributed by atoms with Crippen molar-refractivity contribution < 1.29 is 18.3 Å². The fraction of sp³-hybridized carbons (Fsp3) is 0.200. The van der Waals surface area contributed by atoms with Gasteiger partial charge in [0.25, 0.3) is 0 Å². The predicted molar refractivity (Wildman–Crippen MR) is 84.4 cm³/mol. The Balaban J connectivity index is 2.56. The molecule has 2 nitrogen and oxygen atoms in total. The number of rotatable bonds is 4. The third kappa shape index (κ3) is 3.21. The average molecular weight is 422 g/mol. The Bertz CT molecular complexity index is 642. The number of methoxy groups -OCH3 is 2. The van der Waals surface area contributed by atoms with Gasteiger partial charge in [0.1, 0.15) is 11.6 Å². The van der Waals surface area contributed by atoms with Crippen LogP contribution in [0.15, 0.2) is 34.8 Å². The summed E-state index contributed by atoms with van der Waals surface area (Å²) in [7, 11) is 3.02. The first-order chi connectivity index (χ1) is 9.99. The topological polar surface area (TPSA) is 18.5 Å². The lowest BCUT2D eigenvalue weighted by Crippen LogP contribution is -2.02. The second-order valence-corrected chi connectivity index (χ2v) is 6.00.